The molecule has 6 heteroatoms. The van der Waals surface area contributed by atoms with Crippen LogP contribution in [0.1, 0.15) is 61.8 Å². The Kier molecular flexibility index (Phi) is 6.32. The van der Waals surface area contributed by atoms with Crippen molar-refractivity contribution in [2.45, 2.75) is 64.6 Å². The minimum absolute atomic E-state index is 0.115. The molecule has 2 heterocycles. The highest BCUT2D eigenvalue weighted by Gasteiger charge is 2.48. The summed E-state index contributed by atoms with van der Waals surface area (Å²) in [5.74, 6) is 1.77. The quantitative estimate of drug-likeness (QED) is 0.347. The van der Waals surface area contributed by atoms with E-state index in [2.05, 4.69) is 63.9 Å². The third-order valence-corrected chi connectivity index (χ3v) is 6.91. The van der Waals surface area contributed by atoms with E-state index >= 15 is 0 Å². The van der Waals surface area contributed by atoms with Crippen molar-refractivity contribution in [1.82, 2.24) is 5.32 Å². The number of benzene rings is 2. The van der Waals surface area contributed by atoms with Crippen LogP contribution in [0.3, 0.4) is 0 Å². The van der Waals surface area contributed by atoms with E-state index in [0.29, 0.717) is 5.75 Å². The lowest BCUT2D eigenvalue weighted by Crippen LogP contribution is -2.57. The molecule has 0 fully saturated rings. The zero-order valence-electron chi connectivity index (χ0n) is 20.0. The van der Waals surface area contributed by atoms with Crippen molar-refractivity contribution in [2.75, 3.05) is 5.75 Å². The number of carbonyl (C=O) groups excluding carboxylic acids is 1. The minimum Gasteiger partial charge on any atom is -0.466 e. The summed E-state index contributed by atoms with van der Waals surface area (Å²) < 4.78 is 12.2. The molecular weight excluding hydrogens is 432 g/mol. The summed E-state index contributed by atoms with van der Waals surface area (Å²) in [7, 11) is 0. The Morgan fingerprint density at radius 2 is 2.03 bits per heavy atom. The van der Waals surface area contributed by atoms with Gasteiger partial charge in [0.1, 0.15) is 11.5 Å². The molecule has 0 saturated heterocycles. The SMILES string of the molecule is C=CCSC1=NC2(CC(c3ccc(C)cc3)c3c(C)cc(OC(C)=O)cc3O2)CC(C)(C)N1. The highest BCUT2D eigenvalue weighted by atomic mass is 32.2. The van der Waals surface area contributed by atoms with Crippen molar-refractivity contribution >= 4 is 22.9 Å². The summed E-state index contributed by atoms with van der Waals surface area (Å²) in [6.07, 6.45) is 3.33. The van der Waals surface area contributed by atoms with Gasteiger partial charge in [0.2, 0.25) is 5.72 Å². The predicted molar refractivity (Wildman–Crippen MR) is 135 cm³/mol. The third-order valence-electron chi connectivity index (χ3n) is 6.04. The maximum Gasteiger partial charge on any atom is 0.308 e. The molecule has 33 heavy (non-hydrogen) atoms. The van der Waals surface area contributed by atoms with Crippen molar-refractivity contribution < 1.29 is 14.3 Å². The minimum atomic E-state index is -0.720. The lowest BCUT2D eigenvalue weighted by atomic mass is 9.76. The van der Waals surface area contributed by atoms with E-state index in [0.717, 1.165) is 40.6 Å². The molecule has 0 saturated carbocycles. The highest BCUT2D eigenvalue weighted by molar-refractivity contribution is 8.13. The van der Waals surface area contributed by atoms with E-state index in [1.54, 1.807) is 11.8 Å². The molecule has 1 N–H and O–H groups in total. The van der Waals surface area contributed by atoms with Crippen LogP contribution in [0.4, 0.5) is 0 Å². The Labute approximate surface area is 200 Å². The number of fused-ring (bicyclic) bond motifs is 1. The van der Waals surface area contributed by atoms with Crippen LogP contribution in [0, 0.1) is 13.8 Å². The molecule has 2 atom stereocenters. The number of esters is 1. The fraction of sp³-hybridized carbons (Fsp3) is 0.407. The van der Waals surface area contributed by atoms with Crippen LogP contribution in [0.15, 0.2) is 54.0 Å². The van der Waals surface area contributed by atoms with E-state index in [4.69, 9.17) is 14.5 Å². The summed E-state index contributed by atoms with van der Waals surface area (Å²) in [6, 6.07) is 12.5. The molecular formula is C27H32N2O3S. The molecule has 0 amide bonds. The van der Waals surface area contributed by atoms with Crippen LogP contribution in [-0.4, -0.2) is 28.2 Å². The van der Waals surface area contributed by atoms with Crippen LogP contribution in [-0.2, 0) is 4.79 Å². The van der Waals surface area contributed by atoms with E-state index in [1.807, 2.05) is 18.2 Å². The molecule has 0 aromatic heterocycles. The summed E-state index contributed by atoms with van der Waals surface area (Å²) in [4.78, 5) is 16.7. The second kappa shape index (κ2) is 8.90. The summed E-state index contributed by atoms with van der Waals surface area (Å²) in [5, 5.41) is 4.42. The number of rotatable bonds is 4. The zero-order chi connectivity index (χ0) is 23.8. The van der Waals surface area contributed by atoms with Gasteiger partial charge in [-0.05, 0) is 44.9 Å². The summed E-state index contributed by atoms with van der Waals surface area (Å²) in [6.45, 7) is 13.8. The number of hydrogen-bond acceptors (Lipinski definition) is 6. The predicted octanol–water partition coefficient (Wildman–Crippen LogP) is 5.89. The van der Waals surface area contributed by atoms with Crippen LogP contribution in [0.25, 0.3) is 0 Å². The monoisotopic (exact) mass is 464 g/mol. The van der Waals surface area contributed by atoms with Gasteiger partial charge in [-0.25, -0.2) is 4.99 Å². The fourth-order valence-electron chi connectivity index (χ4n) is 4.90. The van der Waals surface area contributed by atoms with Crippen molar-refractivity contribution in [1.29, 1.82) is 0 Å². The lowest BCUT2D eigenvalue weighted by Gasteiger charge is -2.47. The first-order valence-electron chi connectivity index (χ1n) is 11.3. The summed E-state index contributed by atoms with van der Waals surface area (Å²) >= 11 is 1.63. The van der Waals surface area contributed by atoms with Gasteiger partial charge in [0.15, 0.2) is 5.17 Å². The Morgan fingerprint density at radius 1 is 1.30 bits per heavy atom. The Morgan fingerprint density at radius 3 is 2.70 bits per heavy atom. The number of thioether (sulfide) groups is 1. The average molecular weight is 465 g/mol. The number of aryl methyl sites for hydroxylation is 2. The van der Waals surface area contributed by atoms with E-state index < -0.39 is 5.72 Å². The molecule has 0 bridgehead atoms. The maximum atomic E-state index is 11.6. The number of carbonyl (C=O) groups is 1. The van der Waals surface area contributed by atoms with Crippen LogP contribution in [0.2, 0.25) is 0 Å². The van der Waals surface area contributed by atoms with Crippen LogP contribution < -0.4 is 14.8 Å². The molecule has 2 aliphatic heterocycles. The Balaban J connectivity index is 1.86. The van der Waals surface area contributed by atoms with Crippen molar-refractivity contribution in [2.24, 2.45) is 4.99 Å². The highest BCUT2D eigenvalue weighted by Crippen LogP contribution is 2.51. The molecule has 174 valence electrons. The number of ether oxygens (including phenoxy) is 2. The average Bonchev–Trinajstić information content (AvgIpc) is 2.70. The van der Waals surface area contributed by atoms with Gasteiger partial charge in [-0.2, -0.15) is 0 Å². The molecule has 2 aromatic carbocycles. The molecule has 2 unspecified atom stereocenters. The number of amidine groups is 1. The topological polar surface area (TPSA) is 59.9 Å². The molecule has 0 aliphatic carbocycles. The first-order valence-corrected chi connectivity index (χ1v) is 12.3. The molecule has 2 aliphatic rings. The molecule has 4 rings (SSSR count). The zero-order valence-corrected chi connectivity index (χ0v) is 20.8. The van der Waals surface area contributed by atoms with Crippen molar-refractivity contribution in [3.8, 4) is 11.5 Å². The first-order chi connectivity index (χ1) is 15.6. The number of nitrogens with one attached hydrogen (secondary N) is 1. The molecule has 1 spiro atoms. The van der Waals surface area contributed by atoms with Crippen LogP contribution in [0.5, 0.6) is 11.5 Å². The van der Waals surface area contributed by atoms with Crippen molar-refractivity contribution in [3.63, 3.8) is 0 Å². The normalized spacial score (nSPS) is 23.1. The van der Waals surface area contributed by atoms with Gasteiger partial charge in [0, 0.05) is 48.6 Å². The van der Waals surface area contributed by atoms with Gasteiger partial charge >= 0.3 is 5.97 Å². The second-order valence-electron chi connectivity index (χ2n) is 9.66. The van der Waals surface area contributed by atoms with Gasteiger partial charge < -0.3 is 14.8 Å². The van der Waals surface area contributed by atoms with Gasteiger partial charge in [0.05, 0.1) is 0 Å². The third kappa shape index (κ3) is 5.11. The molecule has 5 nitrogen and oxygen atoms in total. The Bertz CT molecular complexity index is 1110. The van der Waals surface area contributed by atoms with E-state index in [9.17, 15) is 4.79 Å². The number of aliphatic imine (C=N–C) groups is 1. The fourth-order valence-corrected chi connectivity index (χ4v) is 5.76. The first kappa shape index (κ1) is 23.4. The van der Waals surface area contributed by atoms with Crippen molar-refractivity contribution in [3.05, 3.63) is 71.3 Å². The summed E-state index contributed by atoms with van der Waals surface area (Å²) in [5.41, 5.74) is 3.73. The Hall–Kier alpha value is -2.73. The van der Waals surface area contributed by atoms with E-state index in [-0.39, 0.29) is 17.4 Å². The van der Waals surface area contributed by atoms with Gasteiger partial charge in [0.25, 0.3) is 0 Å². The van der Waals surface area contributed by atoms with Crippen LogP contribution >= 0.6 is 11.8 Å². The number of nitrogens with zero attached hydrogens (tertiary/aromatic N) is 1. The number of hydrogen-bond donors (Lipinski definition) is 1. The van der Waals surface area contributed by atoms with Gasteiger partial charge in [-0.15, -0.1) is 6.58 Å². The molecule has 0 radical (unpaired) electrons. The van der Waals surface area contributed by atoms with E-state index in [1.165, 1.54) is 18.1 Å². The van der Waals surface area contributed by atoms with Gasteiger partial charge in [-0.1, -0.05) is 47.7 Å². The molecule has 2 aromatic rings. The smallest absolute Gasteiger partial charge is 0.308 e. The largest absolute Gasteiger partial charge is 0.466 e. The van der Waals surface area contributed by atoms with Gasteiger partial charge in [-0.3, -0.25) is 4.79 Å². The maximum absolute atomic E-state index is 11.6. The lowest BCUT2D eigenvalue weighted by molar-refractivity contribution is -0.131. The second-order valence-corrected chi connectivity index (χ2v) is 10.7. The standard InChI is InChI=1S/C27H32N2O3S/c1-7-12-33-25-28-26(5,6)16-27(29-25)15-22(20-10-8-17(2)9-11-20)24-18(3)13-21(31-19(4)30)14-23(24)32-27/h7-11,13-14,22H,1,12,15-16H2,2-6H3,(H,28,29).